The molecule has 1 fully saturated rings. The molecule has 0 spiro atoms. The Hall–Kier alpha value is -0.240. The zero-order valence-corrected chi connectivity index (χ0v) is 10.3. The lowest BCUT2D eigenvalue weighted by molar-refractivity contribution is -0.150. The standard InChI is InChI=1S/C12H21ClO2/c1-10-4-6-11(7-5-10)12(14)15-9-3-2-8-13/h10-11H,2-9H2,1H3. The van der Waals surface area contributed by atoms with E-state index in [2.05, 4.69) is 6.92 Å². The summed E-state index contributed by atoms with van der Waals surface area (Å²) in [5.41, 5.74) is 0. The predicted octanol–water partition coefficient (Wildman–Crippen LogP) is 3.37. The monoisotopic (exact) mass is 232 g/mol. The molecule has 3 heteroatoms. The topological polar surface area (TPSA) is 26.3 Å². The van der Waals surface area contributed by atoms with Gasteiger partial charge in [-0.25, -0.2) is 0 Å². The van der Waals surface area contributed by atoms with Gasteiger partial charge >= 0.3 is 5.97 Å². The summed E-state index contributed by atoms with van der Waals surface area (Å²) in [4.78, 5) is 11.6. The van der Waals surface area contributed by atoms with Crippen LogP contribution in [0, 0.1) is 11.8 Å². The molecule has 0 atom stereocenters. The SMILES string of the molecule is CC1CCC(C(=O)OCCCCCl)CC1. The summed E-state index contributed by atoms with van der Waals surface area (Å²) >= 11 is 5.54. The van der Waals surface area contributed by atoms with Crippen LogP contribution in [0.4, 0.5) is 0 Å². The maximum Gasteiger partial charge on any atom is 0.308 e. The third kappa shape index (κ3) is 4.87. The van der Waals surface area contributed by atoms with Crippen molar-refractivity contribution in [2.45, 2.75) is 45.4 Å². The van der Waals surface area contributed by atoms with Gasteiger partial charge in [-0.05, 0) is 44.4 Å². The highest BCUT2D eigenvalue weighted by molar-refractivity contribution is 6.17. The fourth-order valence-electron chi connectivity index (χ4n) is 1.98. The van der Waals surface area contributed by atoms with E-state index in [1.807, 2.05) is 0 Å². The number of ether oxygens (including phenoxy) is 1. The van der Waals surface area contributed by atoms with Crippen molar-refractivity contribution < 1.29 is 9.53 Å². The van der Waals surface area contributed by atoms with Gasteiger partial charge in [0, 0.05) is 5.88 Å². The molecule has 0 saturated heterocycles. The Balaban J connectivity index is 2.11. The van der Waals surface area contributed by atoms with Gasteiger partial charge in [0.25, 0.3) is 0 Å². The third-order valence-electron chi connectivity index (χ3n) is 3.12. The molecule has 0 heterocycles. The van der Waals surface area contributed by atoms with Gasteiger partial charge in [0.15, 0.2) is 0 Å². The first-order valence-corrected chi connectivity index (χ1v) is 6.50. The van der Waals surface area contributed by atoms with Gasteiger partial charge in [-0.3, -0.25) is 4.79 Å². The first-order valence-electron chi connectivity index (χ1n) is 5.96. The summed E-state index contributed by atoms with van der Waals surface area (Å²) < 4.78 is 5.22. The lowest BCUT2D eigenvalue weighted by Gasteiger charge is -2.24. The summed E-state index contributed by atoms with van der Waals surface area (Å²) in [6.45, 7) is 2.79. The molecule has 0 unspecified atom stereocenters. The lowest BCUT2D eigenvalue weighted by atomic mass is 9.83. The molecule has 2 nitrogen and oxygen atoms in total. The lowest BCUT2D eigenvalue weighted by Crippen LogP contribution is -2.23. The van der Waals surface area contributed by atoms with E-state index in [1.165, 1.54) is 12.8 Å². The average molecular weight is 233 g/mol. The molecule has 0 aromatic carbocycles. The molecule has 15 heavy (non-hydrogen) atoms. The van der Waals surface area contributed by atoms with E-state index in [1.54, 1.807) is 0 Å². The van der Waals surface area contributed by atoms with Crippen LogP contribution in [0.5, 0.6) is 0 Å². The van der Waals surface area contributed by atoms with E-state index in [0.717, 1.165) is 31.6 Å². The maximum absolute atomic E-state index is 11.6. The normalized spacial score (nSPS) is 26.3. The Morgan fingerprint density at radius 1 is 1.27 bits per heavy atom. The van der Waals surface area contributed by atoms with Crippen LogP contribution in [0.15, 0.2) is 0 Å². The molecule has 0 N–H and O–H groups in total. The van der Waals surface area contributed by atoms with Crippen LogP contribution in [-0.2, 0) is 9.53 Å². The van der Waals surface area contributed by atoms with Crippen LogP contribution >= 0.6 is 11.6 Å². The van der Waals surface area contributed by atoms with Crippen molar-refractivity contribution >= 4 is 17.6 Å². The zero-order valence-electron chi connectivity index (χ0n) is 9.51. The number of hydrogen-bond donors (Lipinski definition) is 0. The van der Waals surface area contributed by atoms with Gasteiger partial charge in [0.05, 0.1) is 12.5 Å². The molecule has 1 aliphatic rings. The first-order chi connectivity index (χ1) is 7.24. The van der Waals surface area contributed by atoms with Crippen LogP contribution in [-0.4, -0.2) is 18.5 Å². The summed E-state index contributed by atoms with van der Waals surface area (Å²) in [5, 5.41) is 0. The highest BCUT2D eigenvalue weighted by Gasteiger charge is 2.25. The molecule has 1 saturated carbocycles. The minimum atomic E-state index is 0.0106. The molecule has 1 rings (SSSR count). The fourth-order valence-corrected chi connectivity index (χ4v) is 2.17. The summed E-state index contributed by atoms with van der Waals surface area (Å²) in [5.74, 6) is 1.61. The van der Waals surface area contributed by atoms with E-state index in [0.29, 0.717) is 12.5 Å². The second-order valence-corrected chi connectivity index (χ2v) is 4.90. The largest absolute Gasteiger partial charge is 0.465 e. The molecule has 1 aliphatic carbocycles. The van der Waals surface area contributed by atoms with Crippen LogP contribution in [0.2, 0.25) is 0 Å². The number of carbonyl (C=O) groups is 1. The predicted molar refractivity (Wildman–Crippen MR) is 62.0 cm³/mol. The molecular formula is C12H21ClO2. The van der Waals surface area contributed by atoms with Crippen molar-refractivity contribution in [3.63, 3.8) is 0 Å². The highest BCUT2D eigenvalue weighted by Crippen LogP contribution is 2.28. The Kier molecular flexibility index (Phi) is 6.07. The number of esters is 1. The first kappa shape index (κ1) is 12.8. The molecule has 88 valence electrons. The van der Waals surface area contributed by atoms with Gasteiger partial charge in [-0.2, -0.15) is 0 Å². The molecule has 0 bridgehead atoms. The second kappa shape index (κ2) is 7.10. The smallest absolute Gasteiger partial charge is 0.308 e. The highest BCUT2D eigenvalue weighted by atomic mass is 35.5. The number of unbranched alkanes of at least 4 members (excludes halogenated alkanes) is 1. The minimum Gasteiger partial charge on any atom is -0.465 e. The molecule has 0 radical (unpaired) electrons. The summed E-state index contributed by atoms with van der Waals surface area (Å²) in [6.07, 6.45) is 6.17. The zero-order chi connectivity index (χ0) is 11.1. The molecule has 0 aromatic rings. The molecular weight excluding hydrogens is 212 g/mol. The van der Waals surface area contributed by atoms with Gasteiger partial charge in [-0.1, -0.05) is 6.92 Å². The van der Waals surface area contributed by atoms with Crippen LogP contribution < -0.4 is 0 Å². The quantitative estimate of drug-likeness (QED) is 0.413. The van der Waals surface area contributed by atoms with Gasteiger partial charge in [-0.15, -0.1) is 11.6 Å². The van der Waals surface area contributed by atoms with E-state index in [4.69, 9.17) is 16.3 Å². The van der Waals surface area contributed by atoms with Crippen LogP contribution in [0.1, 0.15) is 45.4 Å². The van der Waals surface area contributed by atoms with Crippen molar-refractivity contribution in [1.82, 2.24) is 0 Å². The maximum atomic E-state index is 11.6. The Labute approximate surface area is 97.3 Å². The van der Waals surface area contributed by atoms with Gasteiger partial charge in [0.2, 0.25) is 0 Å². The van der Waals surface area contributed by atoms with Crippen molar-refractivity contribution in [2.24, 2.45) is 11.8 Å². The molecule has 0 aliphatic heterocycles. The number of rotatable bonds is 5. The summed E-state index contributed by atoms with van der Waals surface area (Å²) in [7, 11) is 0. The van der Waals surface area contributed by atoms with Crippen molar-refractivity contribution in [2.75, 3.05) is 12.5 Å². The number of alkyl halides is 1. The van der Waals surface area contributed by atoms with Crippen molar-refractivity contribution in [1.29, 1.82) is 0 Å². The van der Waals surface area contributed by atoms with E-state index >= 15 is 0 Å². The molecule has 0 aromatic heterocycles. The molecule has 0 amide bonds. The third-order valence-corrected chi connectivity index (χ3v) is 3.39. The number of hydrogen-bond acceptors (Lipinski definition) is 2. The Bertz CT molecular complexity index is 186. The van der Waals surface area contributed by atoms with Crippen molar-refractivity contribution in [3.8, 4) is 0 Å². The van der Waals surface area contributed by atoms with E-state index in [-0.39, 0.29) is 11.9 Å². The minimum absolute atomic E-state index is 0.0106. The van der Waals surface area contributed by atoms with E-state index in [9.17, 15) is 4.79 Å². The van der Waals surface area contributed by atoms with Crippen LogP contribution in [0.3, 0.4) is 0 Å². The number of halogens is 1. The van der Waals surface area contributed by atoms with E-state index < -0.39 is 0 Å². The second-order valence-electron chi connectivity index (χ2n) is 4.52. The van der Waals surface area contributed by atoms with Gasteiger partial charge in [0.1, 0.15) is 0 Å². The number of carbonyl (C=O) groups excluding carboxylic acids is 1. The van der Waals surface area contributed by atoms with Crippen molar-refractivity contribution in [3.05, 3.63) is 0 Å². The fraction of sp³-hybridized carbons (Fsp3) is 0.917. The Morgan fingerprint density at radius 3 is 2.53 bits per heavy atom. The summed E-state index contributed by atoms with van der Waals surface area (Å²) in [6, 6.07) is 0. The van der Waals surface area contributed by atoms with Crippen LogP contribution in [0.25, 0.3) is 0 Å². The average Bonchev–Trinajstić information content (AvgIpc) is 2.25. The Morgan fingerprint density at radius 2 is 1.93 bits per heavy atom. The van der Waals surface area contributed by atoms with Gasteiger partial charge < -0.3 is 4.74 Å².